The van der Waals surface area contributed by atoms with Gasteiger partial charge in [-0.1, -0.05) is 0 Å². The van der Waals surface area contributed by atoms with E-state index in [0.29, 0.717) is 0 Å². The van der Waals surface area contributed by atoms with Gasteiger partial charge in [0.2, 0.25) is 0 Å². The average Bonchev–Trinajstić information content (AvgIpc) is 2.06. The summed E-state index contributed by atoms with van der Waals surface area (Å²) in [5, 5.41) is 0. The van der Waals surface area contributed by atoms with Gasteiger partial charge in [-0.2, -0.15) is 25.3 Å². The van der Waals surface area contributed by atoms with Crippen molar-refractivity contribution in [1.82, 2.24) is 6.15 Å². The fraction of sp³-hybridized carbons (Fsp3) is 0.333. The van der Waals surface area contributed by atoms with Crippen molar-refractivity contribution in [2.24, 2.45) is 0 Å². The molecule has 0 aliphatic heterocycles. The molecule has 0 aromatic rings. The molecular formula is C12H24BN. The fourth-order valence-electron chi connectivity index (χ4n) is 1.99. The fourth-order valence-corrected chi connectivity index (χ4v) is 1.99. The summed E-state index contributed by atoms with van der Waals surface area (Å²) < 4.78 is 0. The molecule has 1 nitrogen and oxygen atoms in total. The minimum Gasteiger partial charge on any atom is -0.369 e. The van der Waals surface area contributed by atoms with Gasteiger partial charge in [-0.3, -0.25) is 0 Å². The summed E-state index contributed by atoms with van der Waals surface area (Å²) in [6.07, 6.45) is 11.8. The molecule has 0 unspecified atom stereocenters. The molecule has 2 heteroatoms. The third-order valence-electron chi connectivity index (χ3n) is 2.67. The normalized spacial score (nSPS) is 9.71. The van der Waals surface area contributed by atoms with Crippen LogP contribution >= 0.6 is 0 Å². The Bertz CT molecular complexity index is 151. The molecule has 0 aliphatic carbocycles. The number of rotatable bonds is 8. The van der Waals surface area contributed by atoms with Crippen LogP contribution in [-0.4, -0.2) is 6.15 Å². The van der Waals surface area contributed by atoms with Crippen LogP contribution in [-0.2, 0) is 0 Å². The molecule has 0 bridgehead atoms. The van der Waals surface area contributed by atoms with Crippen LogP contribution in [0.1, 0.15) is 0 Å². The van der Waals surface area contributed by atoms with E-state index in [4.69, 9.17) is 0 Å². The summed E-state index contributed by atoms with van der Waals surface area (Å²) in [6.45, 7) is 15.2. The van der Waals surface area contributed by atoms with Crippen LogP contribution in [0.3, 0.4) is 0 Å². The smallest absolute Gasteiger partial charge is 0.0160 e. The quantitative estimate of drug-likeness (QED) is 0.433. The second kappa shape index (κ2) is 8.58. The summed E-state index contributed by atoms with van der Waals surface area (Å²) in [6, 6.07) is 0. The Morgan fingerprint density at radius 2 is 0.857 bits per heavy atom. The Kier molecular flexibility index (Phi) is 9.47. The molecule has 0 aromatic heterocycles. The molecule has 14 heavy (non-hydrogen) atoms. The molecule has 0 aromatic carbocycles. The maximum atomic E-state index is 3.80. The number of allylic oxidation sites excluding steroid dienone is 4. The van der Waals surface area contributed by atoms with Crippen LogP contribution in [0.25, 0.3) is 0 Å². The van der Waals surface area contributed by atoms with E-state index >= 15 is 0 Å². The third-order valence-corrected chi connectivity index (χ3v) is 2.67. The summed E-state index contributed by atoms with van der Waals surface area (Å²) in [7, 11) is 0. The van der Waals surface area contributed by atoms with Crippen LogP contribution in [0, 0.1) is 0 Å². The standard InChI is InChI=1S/C12H20B.H3N/c1-5-9-13(10-6-2,11-7-3)12-8-4;/h5-8H,1-4,9-12H2;1H3/q-1;/p+1. The van der Waals surface area contributed by atoms with Gasteiger partial charge in [0.15, 0.2) is 0 Å². The van der Waals surface area contributed by atoms with E-state index in [-0.39, 0.29) is 6.15 Å². The first-order chi connectivity index (χ1) is 6.24. The first kappa shape index (κ1) is 15.5. The second-order valence-corrected chi connectivity index (χ2v) is 3.83. The van der Waals surface area contributed by atoms with E-state index in [1.165, 1.54) is 0 Å². The number of hydrogen-bond donors (Lipinski definition) is 1. The van der Waals surface area contributed by atoms with Gasteiger partial charge in [-0.25, -0.2) is 0 Å². The molecule has 0 saturated heterocycles. The second-order valence-electron chi connectivity index (χ2n) is 3.83. The Hall–Kier alpha value is -1.02. The number of quaternary nitrogens is 1. The first-order valence-corrected chi connectivity index (χ1v) is 4.90. The lowest BCUT2D eigenvalue weighted by atomic mass is 9.18. The van der Waals surface area contributed by atoms with Crippen molar-refractivity contribution in [3.63, 3.8) is 0 Å². The van der Waals surface area contributed by atoms with Crippen molar-refractivity contribution in [2.75, 3.05) is 0 Å². The van der Waals surface area contributed by atoms with Gasteiger partial charge >= 0.3 is 0 Å². The molecular weight excluding hydrogens is 169 g/mol. The molecule has 0 aliphatic rings. The topological polar surface area (TPSA) is 36.5 Å². The van der Waals surface area contributed by atoms with E-state index in [0.717, 1.165) is 25.3 Å². The molecule has 0 rings (SSSR count). The molecule has 0 fully saturated rings. The van der Waals surface area contributed by atoms with Gasteiger partial charge in [0.05, 0.1) is 0 Å². The van der Waals surface area contributed by atoms with Crippen molar-refractivity contribution in [3.8, 4) is 0 Å². The maximum absolute atomic E-state index is 3.80. The highest BCUT2D eigenvalue weighted by Crippen LogP contribution is 2.27. The van der Waals surface area contributed by atoms with Gasteiger partial charge in [0.25, 0.3) is 0 Å². The van der Waals surface area contributed by atoms with Gasteiger partial charge in [0.1, 0.15) is 0 Å². The van der Waals surface area contributed by atoms with E-state index < -0.39 is 6.15 Å². The monoisotopic (exact) mass is 193 g/mol. The summed E-state index contributed by atoms with van der Waals surface area (Å²) >= 11 is 0. The van der Waals surface area contributed by atoms with E-state index in [1.54, 1.807) is 0 Å². The SMILES string of the molecule is C=CC[B-](CC=C)(CC=C)CC=C.[NH4+]. The lowest BCUT2D eigenvalue weighted by molar-refractivity contribution is 1.30. The molecule has 0 atom stereocenters. The summed E-state index contributed by atoms with van der Waals surface area (Å²) in [5.41, 5.74) is 0. The Balaban J connectivity index is 0. The zero-order valence-electron chi connectivity index (χ0n) is 9.54. The van der Waals surface area contributed by atoms with Crippen LogP contribution in [0.4, 0.5) is 0 Å². The average molecular weight is 193 g/mol. The lowest BCUT2D eigenvalue weighted by Crippen LogP contribution is -2.30. The van der Waals surface area contributed by atoms with Crippen molar-refractivity contribution in [2.45, 2.75) is 25.3 Å². The molecule has 0 heterocycles. The Morgan fingerprint density at radius 3 is 1.00 bits per heavy atom. The number of hydrogen-bond acceptors (Lipinski definition) is 0. The van der Waals surface area contributed by atoms with Crippen LogP contribution in [0.15, 0.2) is 50.6 Å². The van der Waals surface area contributed by atoms with Crippen molar-refractivity contribution >= 4 is 6.15 Å². The molecule has 0 amide bonds. The highest BCUT2D eigenvalue weighted by Gasteiger charge is 2.18. The molecule has 0 spiro atoms. The molecule has 0 saturated carbocycles. The third kappa shape index (κ3) is 4.88. The van der Waals surface area contributed by atoms with Gasteiger partial charge in [-0.05, 0) is 0 Å². The highest BCUT2D eigenvalue weighted by molar-refractivity contribution is 6.81. The predicted molar refractivity (Wildman–Crippen MR) is 71.8 cm³/mol. The predicted octanol–water partition coefficient (Wildman–Crippen LogP) is 4.56. The van der Waals surface area contributed by atoms with Crippen LogP contribution in [0.2, 0.25) is 25.3 Å². The Morgan fingerprint density at radius 1 is 0.643 bits per heavy atom. The highest BCUT2D eigenvalue weighted by atomic mass is 14.0. The van der Waals surface area contributed by atoms with Gasteiger partial charge in [0, 0.05) is 6.15 Å². The minimum absolute atomic E-state index is 0. The zero-order chi connectivity index (χ0) is 10.2. The van der Waals surface area contributed by atoms with E-state index in [2.05, 4.69) is 26.3 Å². The summed E-state index contributed by atoms with van der Waals surface area (Å²) in [5.74, 6) is 0. The van der Waals surface area contributed by atoms with Crippen molar-refractivity contribution < 1.29 is 0 Å². The van der Waals surface area contributed by atoms with E-state index in [9.17, 15) is 0 Å². The zero-order valence-corrected chi connectivity index (χ0v) is 9.54. The molecule has 80 valence electrons. The van der Waals surface area contributed by atoms with Crippen LogP contribution < -0.4 is 6.15 Å². The van der Waals surface area contributed by atoms with Crippen molar-refractivity contribution in [3.05, 3.63) is 50.6 Å². The van der Waals surface area contributed by atoms with Crippen molar-refractivity contribution in [1.29, 1.82) is 0 Å². The molecule has 0 radical (unpaired) electrons. The van der Waals surface area contributed by atoms with Gasteiger partial charge < -0.3 is 6.15 Å². The molecule has 4 N–H and O–H groups in total. The van der Waals surface area contributed by atoms with Gasteiger partial charge in [-0.15, -0.1) is 50.6 Å². The first-order valence-electron chi connectivity index (χ1n) is 4.90. The van der Waals surface area contributed by atoms with Crippen LogP contribution in [0.5, 0.6) is 0 Å². The maximum Gasteiger partial charge on any atom is 0.0160 e. The Labute approximate surface area is 88.8 Å². The lowest BCUT2D eigenvalue weighted by Gasteiger charge is -2.35. The van der Waals surface area contributed by atoms with E-state index in [1.807, 2.05) is 24.3 Å². The largest absolute Gasteiger partial charge is 0.369 e. The summed E-state index contributed by atoms with van der Waals surface area (Å²) in [4.78, 5) is 0. The minimum atomic E-state index is -0.444.